The molecule has 0 spiro atoms. The van der Waals surface area contributed by atoms with Crippen LogP contribution in [0.3, 0.4) is 0 Å². The Bertz CT molecular complexity index is 2390. The third-order valence-corrected chi connectivity index (χ3v) is 9.37. The Morgan fingerprint density at radius 1 is 0.600 bits per heavy atom. The van der Waals surface area contributed by atoms with Crippen LogP contribution in [-0.2, 0) is 40.5 Å². The Kier molecular flexibility index (Phi) is 8.42. The molecule has 4 aromatic rings. The van der Waals surface area contributed by atoms with E-state index < -0.39 is 105 Å². The first-order chi connectivity index (χ1) is 20.6. The van der Waals surface area contributed by atoms with Crippen LogP contribution < -0.4 is 11.5 Å². The molecule has 4 aromatic carbocycles. The number of aromatic hydroxyl groups is 1. The number of azo groups is 2. The summed E-state index contributed by atoms with van der Waals surface area (Å²) in [4.78, 5) is -3.65. The minimum Gasteiger partial charge on any atom is -0.505 e. The van der Waals surface area contributed by atoms with E-state index in [9.17, 15) is 52.4 Å². The van der Waals surface area contributed by atoms with Crippen molar-refractivity contribution >= 4 is 85.4 Å². The van der Waals surface area contributed by atoms with Crippen LogP contribution >= 0.6 is 0 Å². The number of nitrogens with two attached hydrogens (primary N) is 2. The molecule has 4 rings (SSSR count). The number of nitrogen functional groups attached to an aromatic ring is 2. The molecular weight excluding hydrogens is 685 g/mol. The second kappa shape index (κ2) is 11.4. The highest BCUT2D eigenvalue weighted by Crippen LogP contribution is 2.48. The quantitative estimate of drug-likeness (QED) is 0.0784. The maximum atomic E-state index is 12.2. The summed E-state index contributed by atoms with van der Waals surface area (Å²) in [6.45, 7) is 0. The van der Waals surface area contributed by atoms with Crippen LogP contribution in [0.1, 0.15) is 0 Å². The van der Waals surface area contributed by atoms with Gasteiger partial charge >= 0.3 is 0 Å². The zero-order valence-electron chi connectivity index (χ0n) is 21.8. The summed E-state index contributed by atoms with van der Waals surface area (Å²) in [7, 11) is -20.0. The molecule has 0 radical (unpaired) electrons. The first kappa shape index (κ1) is 33.3. The Morgan fingerprint density at radius 2 is 1.13 bits per heavy atom. The van der Waals surface area contributed by atoms with E-state index in [1.165, 1.54) is 6.07 Å². The molecule has 0 unspecified atom stereocenters. The molecule has 45 heavy (non-hydrogen) atoms. The first-order valence-electron chi connectivity index (χ1n) is 11.4. The van der Waals surface area contributed by atoms with Crippen LogP contribution in [0, 0.1) is 0 Å². The molecule has 0 saturated carbocycles. The summed E-state index contributed by atoms with van der Waals surface area (Å²) in [6, 6.07) is 8.50. The van der Waals surface area contributed by atoms with Gasteiger partial charge in [0.25, 0.3) is 40.5 Å². The first-order valence-corrected chi connectivity index (χ1v) is 17.2. The molecule has 238 valence electrons. The van der Waals surface area contributed by atoms with E-state index in [4.69, 9.17) is 16.0 Å². The highest BCUT2D eigenvalue weighted by molar-refractivity contribution is 7.86. The number of hydrogen-bond donors (Lipinski definition) is 7. The SMILES string of the molecule is Nc1cccc(N=Nc2c(S(=O)(=O)O)cc3cc(S(=O)(=O)O)c(N=Nc4ccc(S(=O)(=O)O)cc4)c(N)c3c2O)c1S(=O)(=O)O. The van der Waals surface area contributed by atoms with Crippen molar-refractivity contribution in [1.82, 2.24) is 0 Å². The van der Waals surface area contributed by atoms with Crippen molar-refractivity contribution in [2.75, 3.05) is 11.5 Å². The topological polar surface area (TPSA) is 339 Å². The summed E-state index contributed by atoms with van der Waals surface area (Å²) >= 11 is 0. The molecule has 0 heterocycles. The van der Waals surface area contributed by atoms with Crippen LogP contribution in [0.25, 0.3) is 10.8 Å². The number of benzene rings is 4. The van der Waals surface area contributed by atoms with E-state index in [0.717, 1.165) is 36.4 Å². The number of phenols is 1. The number of anilines is 2. The second-order valence-electron chi connectivity index (χ2n) is 8.80. The van der Waals surface area contributed by atoms with Crippen molar-refractivity contribution in [3.8, 4) is 5.75 Å². The maximum Gasteiger partial charge on any atom is 0.298 e. The van der Waals surface area contributed by atoms with E-state index in [1.807, 2.05) is 0 Å². The van der Waals surface area contributed by atoms with Crippen molar-refractivity contribution in [1.29, 1.82) is 0 Å². The number of hydrogen-bond acceptors (Lipinski definition) is 15. The van der Waals surface area contributed by atoms with E-state index in [0.29, 0.717) is 12.1 Å². The van der Waals surface area contributed by atoms with Gasteiger partial charge in [-0.25, -0.2) is 0 Å². The van der Waals surface area contributed by atoms with Crippen molar-refractivity contribution in [3.05, 3.63) is 54.6 Å². The van der Waals surface area contributed by atoms with Crippen LogP contribution in [0.5, 0.6) is 5.75 Å². The monoisotopic (exact) mass is 702 g/mol. The van der Waals surface area contributed by atoms with Crippen LogP contribution in [0.15, 0.2) is 94.6 Å². The minimum absolute atomic E-state index is 0.111. The largest absolute Gasteiger partial charge is 0.505 e. The van der Waals surface area contributed by atoms with Gasteiger partial charge in [-0.1, -0.05) is 6.07 Å². The van der Waals surface area contributed by atoms with Gasteiger partial charge in [0.1, 0.15) is 31.7 Å². The zero-order chi connectivity index (χ0) is 33.7. The molecule has 0 aliphatic carbocycles. The molecule has 23 heteroatoms. The molecule has 0 atom stereocenters. The number of phenolic OH excluding ortho intramolecular Hbond substituents is 1. The van der Waals surface area contributed by atoms with Gasteiger partial charge < -0.3 is 16.6 Å². The predicted octanol–water partition coefficient (Wildman–Crippen LogP) is 3.53. The molecule has 0 saturated heterocycles. The molecule has 0 bridgehead atoms. The normalized spacial score (nSPS) is 13.2. The molecule has 0 aliphatic rings. The lowest BCUT2D eigenvalue weighted by atomic mass is 10.1. The van der Waals surface area contributed by atoms with E-state index in [1.54, 1.807) is 0 Å². The van der Waals surface area contributed by atoms with Crippen molar-refractivity contribution in [2.24, 2.45) is 20.5 Å². The lowest BCUT2D eigenvalue weighted by molar-refractivity contribution is 0.472. The summed E-state index contributed by atoms with van der Waals surface area (Å²) in [6.07, 6.45) is 0. The molecule has 19 nitrogen and oxygen atoms in total. The fraction of sp³-hybridized carbons (Fsp3) is 0. The summed E-state index contributed by atoms with van der Waals surface area (Å²) in [5, 5.41) is 24.5. The van der Waals surface area contributed by atoms with E-state index in [-0.39, 0.29) is 5.69 Å². The third kappa shape index (κ3) is 6.89. The highest BCUT2D eigenvalue weighted by atomic mass is 32.2. The summed E-state index contributed by atoms with van der Waals surface area (Å²) in [5.74, 6) is -1.16. The van der Waals surface area contributed by atoms with Crippen molar-refractivity contribution in [2.45, 2.75) is 19.6 Å². The Balaban J connectivity index is 2.02. The van der Waals surface area contributed by atoms with Gasteiger partial charge in [0.05, 0.1) is 27.3 Å². The smallest absolute Gasteiger partial charge is 0.298 e. The van der Waals surface area contributed by atoms with Gasteiger partial charge in [-0.3, -0.25) is 18.2 Å². The molecule has 9 N–H and O–H groups in total. The molecular formula is C22H18N6O13S4. The Hall–Kier alpha value is -4.62. The van der Waals surface area contributed by atoms with Crippen molar-refractivity contribution < 1.29 is 57.0 Å². The van der Waals surface area contributed by atoms with E-state index in [2.05, 4.69) is 20.5 Å². The number of rotatable bonds is 8. The highest BCUT2D eigenvalue weighted by Gasteiger charge is 2.28. The Morgan fingerprint density at radius 3 is 1.64 bits per heavy atom. The van der Waals surface area contributed by atoms with Gasteiger partial charge in [0.2, 0.25) is 0 Å². The van der Waals surface area contributed by atoms with Gasteiger partial charge in [-0.15, -0.1) is 15.3 Å². The maximum absolute atomic E-state index is 12.2. The second-order valence-corrected chi connectivity index (χ2v) is 14.4. The summed E-state index contributed by atoms with van der Waals surface area (Å²) in [5.41, 5.74) is 7.89. The lowest BCUT2D eigenvalue weighted by Crippen LogP contribution is -2.04. The van der Waals surface area contributed by atoms with Crippen molar-refractivity contribution in [3.63, 3.8) is 0 Å². The molecule has 0 amide bonds. The average molecular weight is 703 g/mol. The standard InChI is InChI=1S/C22H18N6O13S4/c23-13-2-1-3-14(22(13)45(39,40)41)26-28-20-16(44(36,37)38)9-10-8-15(43(33,34)35)19(18(24)17(10)21(20)29)27-25-11-4-6-12(7-5-11)42(30,31)32/h1-9,29H,23-24H2,(H,30,31,32)(H,33,34,35)(H,36,37,38)(H,39,40,41). The van der Waals surface area contributed by atoms with Gasteiger partial charge in [0, 0.05) is 0 Å². The van der Waals surface area contributed by atoms with Gasteiger partial charge in [0.15, 0.2) is 5.75 Å². The molecule has 0 fully saturated rings. The van der Waals surface area contributed by atoms with E-state index >= 15 is 0 Å². The molecule has 0 aromatic heterocycles. The average Bonchev–Trinajstić information content (AvgIpc) is 2.89. The Labute approximate surface area is 253 Å². The van der Waals surface area contributed by atoms with Crippen LogP contribution in [0.2, 0.25) is 0 Å². The molecule has 0 aliphatic heterocycles. The number of nitrogens with zero attached hydrogens (tertiary/aromatic N) is 4. The minimum atomic E-state index is -5.29. The van der Waals surface area contributed by atoms with Gasteiger partial charge in [-0.05, 0) is 53.9 Å². The van der Waals surface area contributed by atoms with Gasteiger partial charge in [-0.2, -0.15) is 38.8 Å². The lowest BCUT2D eigenvalue weighted by Gasteiger charge is -2.14. The third-order valence-electron chi connectivity index (χ3n) is 5.81. The zero-order valence-corrected chi connectivity index (χ0v) is 25.0. The van der Waals surface area contributed by atoms with Crippen LogP contribution in [0.4, 0.5) is 34.1 Å². The van der Waals surface area contributed by atoms with Crippen LogP contribution in [-0.4, -0.2) is 57.0 Å². The fourth-order valence-electron chi connectivity index (χ4n) is 3.90. The number of fused-ring (bicyclic) bond motifs is 1. The summed E-state index contributed by atoms with van der Waals surface area (Å²) < 4.78 is 133. The fourth-order valence-corrected chi connectivity index (χ4v) is 6.45. The predicted molar refractivity (Wildman–Crippen MR) is 155 cm³/mol.